The van der Waals surface area contributed by atoms with E-state index >= 15 is 0 Å². The van der Waals surface area contributed by atoms with Crippen LogP contribution in [0.2, 0.25) is 10.3 Å². The highest BCUT2D eigenvalue weighted by molar-refractivity contribution is 6.33. The Hall–Kier alpha value is -0.840. The third-order valence-corrected chi connectivity index (χ3v) is 2.64. The number of aromatic nitrogens is 1. The summed E-state index contributed by atoms with van der Waals surface area (Å²) in [6.45, 7) is 4.14. The van der Waals surface area contributed by atoms with Crippen LogP contribution in [0, 0.1) is 0 Å². The van der Waals surface area contributed by atoms with Crippen LogP contribution in [0.1, 0.15) is 24.2 Å². The van der Waals surface area contributed by atoms with Gasteiger partial charge in [0.25, 0.3) is 5.91 Å². The van der Waals surface area contributed by atoms with Gasteiger partial charge in [0.2, 0.25) is 0 Å². The molecule has 0 saturated heterocycles. The fraction of sp³-hybridized carbons (Fsp3) is 0.455. The van der Waals surface area contributed by atoms with Gasteiger partial charge in [0.15, 0.2) is 0 Å². The number of amides is 1. The molecule has 1 rings (SSSR count). The Labute approximate surface area is 110 Å². The van der Waals surface area contributed by atoms with Crippen LogP contribution in [0.15, 0.2) is 12.1 Å². The van der Waals surface area contributed by atoms with Crippen molar-refractivity contribution in [1.82, 2.24) is 10.3 Å². The zero-order chi connectivity index (χ0) is 13.1. The number of nitrogens with zero attached hydrogens (tertiary/aromatic N) is 1. The average Bonchev–Trinajstić information content (AvgIpc) is 2.24. The van der Waals surface area contributed by atoms with E-state index in [9.17, 15) is 4.79 Å². The van der Waals surface area contributed by atoms with E-state index in [0.717, 1.165) is 0 Å². The van der Waals surface area contributed by atoms with Crippen LogP contribution in [0.4, 0.5) is 0 Å². The summed E-state index contributed by atoms with van der Waals surface area (Å²) >= 11 is 11.4. The van der Waals surface area contributed by atoms with Crippen molar-refractivity contribution in [2.45, 2.75) is 19.4 Å². The summed E-state index contributed by atoms with van der Waals surface area (Å²) in [5.74, 6) is -0.263. The van der Waals surface area contributed by atoms with Gasteiger partial charge in [-0.3, -0.25) is 4.79 Å². The summed E-state index contributed by atoms with van der Waals surface area (Å²) in [4.78, 5) is 15.6. The minimum Gasteiger partial charge on any atom is -0.377 e. The van der Waals surface area contributed by atoms with E-state index in [-0.39, 0.29) is 16.2 Å². The molecule has 0 fully saturated rings. The van der Waals surface area contributed by atoms with Gasteiger partial charge < -0.3 is 10.1 Å². The molecule has 1 aromatic heterocycles. The van der Waals surface area contributed by atoms with E-state index in [2.05, 4.69) is 10.3 Å². The standard InChI is InChI=1S/C11H14Cl2N2O2/c1-11(2,17-3)6-14-10(16)7-4-8(12)15-9(13)5-7/h4-5H,6H2,1-3H3,(H,14,16). The molecule has 0 unspecified atom stereocenters. The molecule has 1 aromatic rings. The average molecular weight is 277 g/mol. The van der Waals surface area contributed by atoms with Crippen molar-refractivity contribution in [2.75, 3.05) is 13.7 Å². The Morgan fingerprint density at radius 1 is 1.41 bits per heavy atom. The Bertz CT molecular complexity index is 402. The first-order valence-corrected chi connectivity index (χ1v) is 5.76. The van der Waals surface area contributed by atoms with Gasteiger partial charge in [-0.2, -0.15) is 0 Å². The Morgan fingerprint density at radius 2 is 1.94 bits per heavy atom. The van der Waals surface area contributed by atoms with Gasteiger partial charge in [-0.25, -0.2) is 4.98 Å². The number of methoxy groups -OCH3 is 1. The number of rotatable bonds is 4. The van der Waals surface area contributed by atoms with E-state index < -0.39 is 5.60 Å². The molecule has 1 amide bonds. The van der Waals surface area contributed by atoms with E-state index in [4.69, 9.17) is 27.9 Å². The predicted octanol–water partition coefficient (Wildman–Crippen LogP) is 2.54. The number of nitrogens with one attached hydrogen (secondary N) is 1. The van der Waals surface area contributed by atoms with Crippen molar-refractivity contribution in [2.24, 2.45) is 0 Å². The first-order chi connectivity index (χ1) is 7.84. The summed E-state index contributed by atoms with van der Waals surface area (Å²) < 4.78 is 5.19. The molecule has 17 heavy (non-hydrogen) atoms. The second-order valence-electron chi connectivity index (χ2n) is 4.15. The highest BCUT2D eigenvalue weighted by atomic mass is 35.5. The number of hydrogen-bond acceptors (Lipinski definition) is 3. The number of hydrogen-bond donors (Lipinski definition) is 1. The molecule has 0 aliphatic carbocycles. The summed E-state index contributed by atoms with van der Waals surface area (Å²) in [5.41, 5.74) is -0.0436. The third kappa shape index (κ3) is 4.50. The first kappa shape index (κ1) is 14.2. The predicted molar refractivity (Wildman–Crippen MR) is 67.7 cm³/mol. The number of ether oxygens (including phenoxy) is 1. The summed E-state index contributed by atoms with van der Waals surface area (Å²) in [7, 11) is 1.59. The maximum atomic E-state index is 11.8. The molecular formula is C11H14Cl2N2O2. The molecule has 0 aliphatic rings. The van der Waals surface area contributed by atoms with Gasteiger partial charge in [-0.15, -0.1) is 0 Å². The molecule has 0 radical (unpaired) electrons. The lowest BCUT2D eigenvalue weighted by molar-refractivity contribution is 0.0229. The second kappa shape index (κ2) is 5.67. The lowest BCUT2D eigenvalue weighted by Gasteiger charge is -2.23. The zero-order valence-electron chi connectivity index (χ0n) is 9.88. The fourth-order valence-electron chi connectivity index (χ4n) is 1.06. The first-order valence-electron chi connectivity index (χ1n) is 5.00. The number of carbonyl (C=O) groups is 1. The van der Waals surface area contributed by atoms with Gasteiger partial charge in [0.05, 0.1) is 5.60 Å². The van der Waals surface area contributed by atoms with E-state index in [1.165, 1.54) is 12.1 Å². The summed E-state index contributed by atoms with van der Waals surface area (Å²) in [5, 5.41) is 3.11. The van der Waals surface area contributed by atoms with Crippen LogP contribution in [0.3, 0.4) is 0 Å². The Kier molecular flexibility index (Phi) is 4.74. The topological polar surface area (TPSA) is 51.2 Å². The molecule has 1 N–H and O–H groups in total. The maximum Gasteiger partial charge on any atom is 0.251 e. The van der Waals surface area contributed by atoms with Gasteiger partial charge in [-0.1, -0.05) is 23.2 Å². The normalized spacial score (nSPS) is 11.4. The fourth-order valence-corrected chi connectivity index (χ4v) is 1.52. The molecule has 0 bridgehead atoms. The quantitative estimate of drug-likeness (QED) is 0.860. The molecule has 4 nitrogen and oxygen atoms in total. The lowest BCUT2D eigenvalue weighted by Crippen LogP contribution is -2.39. The van der Waals surface area contributed by atoms with Gasteiger partial charge in [0, 0.05) is 19.2 Å². The molecule has 94 valence electrons. The summed E-state index contributed by atoms with van der Waals surface area (Å²) in [6.07, 6.45) is 0. The zero-order valence-corrected chi connectivity index (χ0v) is 11.4. The molecule has 1 heterocycles. The van der Waals surface area contributed by atoms with Crippen LogP contribution in [-0.2, 0) is 4.74 Å². The van der Waals surface area contributed by atoms with Crippen molar-refractivity contribution in [1.29, 1.82) is 0 Å². The number of halogens is 2. The smallest absolute Gasteiger partial charge is 0.251 e. The van der Waals surface area contributed by atoms with Crippen molar-refractivity contribution in [3.05, 3.63) is 28.0 Å². The van der Waals surface area contributed by atoms with E-state index in [1.807, 2.05) is 13.8 Å². The molecular weight excluding hydrogens is 263 g/mol. The highest BCUT2D eigenvalue weighted by Crippen LogP contribution is 2.14. The Balaban J connectivity index is 2.70. The molecule has 0 atom stereocenters. The molecule has 0 aliphatic heterocycles. The third-order valence-electron chi connectivity index (χ3n) is 2.25. The summed E-state index contributed by atoms with van der Waals surface area (Å²) in [6, 6.07) is 2.92. The number of carbonyl (C=O) groups excluding carboxylic acids is 1. The number of pyridine rings is 1. The largest absolute Gasteiger partial charge is 0.377 e. The molecule has 0 aromatic carbocycles. The van der Waals surface area contributed by atoms with Crippen molar-refractivity contribution in [3.63, 3.8) is 0 Å². The maximum absolute atomic E-state index is 11.8. The minimum absolute atomic E-state index is 0.189. The second-order valence-corrected chi connectivity index (χ2v) is 4.92. The van der Waals surface area contributed by atoms with Crippen LogP contribution < -0.4 is 5.32 Å². The van der Waals surface area contributed by atoms with E-state index in [1.54, 1.807) is 7.11 Å². The van der Waals surface area contributed by atoms with Gasteiger partial charge in [-0.05, 0) is 26.0 Å². The van der Waals surface area contributed by atoms with Crippen LogP contribution in [0.5, 0.6) is 0 Å². The molecule has 0 spiro atoms. The van der Waals surface area contributed by atoms with Crippen LogP contribution >= 0.6 is 23.2 Å². The minimum atomic E-state index is -0.420. The highest BCUT2D eigenvalue weighted by Gasteiger charge is 2.18. The Morgan fingerprint density at radius 3 is 2.41 bits per heavy atom. The lowest BCUT2D eigenvalue weighted by atomic mass is 10.1. The van der Waals surface area contributed by atoms with Crippen LogP contribution in [0.25, 0.3) is 0 Å². The van der Waals surface area contributed by atoms with Gasteiger partial charge in [0.1, 0.15) is 10.3 Å². The van der Waals surface area contributed by atoms with Gasteiger partial charge >= 0.3 is 0 Å². The van der Waals surface area contributed by atoms with E-state index in [0.29, 0.717) is 12.1 Å². The van der Waals surface area contributed by atoms with Crippen molar-refractivity contribution in [3.8, 4) is 0 Å². The van der Waals surface area contributed by atoms with Crippen molar-refractivity contribution < 1.29 is 9.53 Å². The molecule has 0 saturated carbocycles. The molecule has 6 heteroatoms. The SMILES string of the molecule is COC(C)(C)CNC(=O)c1cc(Cl)nc(Cl)c1. The van der Waals surface area contributed by atoms with Crippen molar-refractivity contribution >= 4 is 29.1 Å². The van der Waals surface area contributed by atoms with Crippen LogP contribution in [-0.4, -0.2) is 30.1 Å². The monoisotopic (exact) mass is 276 g/mol.